The third kappa shape index (κ3) is 2.46. The van der Waals surface area contributed by atoms with Gasteiger partial charge in [0.05, 0.1) is 6.10 Å². The maximum atomic E-state index is 11.0. The van der Waals surface area contributed by atoms with Gasteiger partial charge in [-0.25, -0.2) is 0 Å². The summed E-state index contributed by atoms with van der Waals surface area (Å²) in [6.07, 6.45) is 0.912. The summed E-state index contributed by atoms with van der Waals surface area (Å²) in [7, 11) is 0. The molecule has 3 N–H and O–H groups in total. The van der Waals surface area contributed by atoms with Crippen LogP contribution in [-0.4, -0.2) is 34.4 Å². The first-order valence-corrected chi connectivity index (χ1v) is 4.26. The number of hydrogen-bond donors (Lipinski definition) is 3. The Hall–Kier alpha value is -0.610. The molecule has 0 aromatic rings. The molecule has 0 bridgehead atoms. The lowest BCUT2D eigenvalue weighted by Gasteiger charge is -2.13. The molecule has 12 heavy (non-hydrogen) atoms. The van der Waals surface area contributed by atoms with Gasteiger partial charge in [-0.3, -0.25) is 4.79 Å². The third-order valence-corrected chi connectivity index (χ3v) is 2.13. The molecule has 0 heterocycles. The molecule has 4 nitrogen and oxygen atoms in total. The molecule has 0 saturated heterocycles. The van der Waals surface area contributed by atoms with Crippen LogP contribution >= 0.6 is 0 Å². The molecule has 3 atom stereocenters. The fourth-order valence-corrected chi connectivity index (χ4v) is 1.41. The third-order valence-electron chi connectivity index (χ3n) is 2.13. The van der Waals surface area contributed by atoms with Gasteiger partial charge in [0.15, 0.2) is 0 Å². The van der Waals surface area contributed by atoms with E-state index in [-0.39, 0.29) is 18.1 Å². The van der Waals surface area contributed by atoms with Crippen molar-refractivity contribution in [3.8, 4) is 0 Å². The first kappa shape index (κ1) is 9.48. The lowest BCUT2D eigenvalue weighted by molar-refractivity contribution is -0.129. The average Bonchev–Trinajstić information content (AvgIpc) is 2.35. The van der Waals surface area contributed by atoms with Crippen molar-refractivity contribution in [2.45, 2.75) is 44.4 Å². The minimum Gasteiger partial charge on any atom is -0.393 e. The van der Waals surface area contributed by atoms with Crippen LogP contribution in [0.3, 0.4) is 0 Å². The second-order valence-electron chi connectivity index (χ2n) is 3.35. The molecule has 0 radical (unpaired) electrons. The monoisotopic (exact) mass is 173 g/mol. The zero-order valence-electron chi connectivity index (χ0n) is 7.16. The Morgan fingerprint density at radius 1 is 1.58 bits per heavy atom. The molecule has 1 fully saturated rings. The molecule has 0 aromatic heterocycles. The van der Waals surface area contributed by atoms with Gasteiger partial charge in [-0.05, 0) is 26.2 Å². The fraction of sp³-hybridized carbons (Fsp3) is 0.875. The zero-order valence-corrected chi connectivity index (χ0v) is 7.16. The second kappa shape index (κ2) is 3.87. The van der Waals surface area contributed by atoms with Gasteiger partial charge in [0.2, 0.25) is 5.91 Å². The van der Waals surface area contributed by atoms with E-state index in [1.165, 1.54) is 6.92 Å². The predicted octanol–water partition coefficient (Wildman–Crippen LogP) is -0.603. The highest BCUT2D eigenvalue weighted by Gasteiger charge is 2.24. The summed E-state index contributed by atoms with van der Waals surface area (Å²) < 4.78 is 0. The molecule has 0 aromatic carbocycles. The smallest absolute Gasteiger partial charge is 0.248 e. The molecule has 0 aliphatic heterocycles. The van der Waals surface area contributed by atoms with E-state index in [2.05, 4.69) is 5.32 Å². The number of nitrogens with one attached hydrogen (secondary N) is 1. The van der Waals surface area contributed by atoms with Crippen LogP contribution in [0.1, 0.15) is 26.2 Å². The van der Waals surface area contributed by atoms with Crippen molar-refractivity contribution >= 4 is 5.91 Å². The predicted molar refractivity (Wildman–Crippen MR) is 43.5 cm³/mol. The van der Waals surface area contributed by atoms with Crippen molar-refractivity contribution < 1.29 is 15.0 Å². The number of carbonyl (C=O) groups excluding carboxylic acids is 1. The quantitative estimate of drug-likeness (QED) is 0.522. The number of aliphatic hydroxyl groups excluding tert-OH is 2. The van der Waals surface area contributed by atoms with E-state index < -0.39 is 6.10 Å². The van der Waals surface area contributed by atoms with Crippen LogP contribution in [0.5, 0.6) is 0 Å². The molecule has 1 aliphatic carbocycles. The van der Waals surface area contributed by atoms with Gasteiger partial charge in [-0.2, -0.15) is 0 Å². The van der Waals surface area contributed by atoms with E-state index >= 15 is 0 Å². The topological polar surface area (TPSA) is 69.6 Å². The van der Waals surface area contributed by atoms with E-state index in [9.17, 15) is 4.79 Å². The zero-order chi connectivity index (χ0) is 9.14. The van der Waals surface area contributed by atoms with Crippen LogP contribution in [0.4, 0.5) is 0 Å². The fourth-order valence-electron chi connectivity index (χ4n) is 1.41. The minimum atomic E-state index is -0.956. The van der Waals surface area contributed by atoms with Crippen molar-refractivity contribution in [3.63, 3.8) is 0 Å². The van der Waals surface area contributed by atoms with E-state index in [4.69, 9.17) is 10.2 Å². The van der Waals surface area contributed by atoms with Crippen molar-refractivity contribution in [1.29, 1.82) is 0 Å². The number of hydrogen-bond acceptors (Lipinski definition) is 3. The maximum absolute atomic E-state index is 11.0. The van der Waals surface area contributed by atoms with Gasteiger partial charge < -0.3 is 15.5 Å². The molecule has 1 saturated carbocycles. The standard InChI is InChI=1S/C8H15NO3/c1-5(10)8(12)9-6-2-3-7(11)4-6/h5-7,10-11H,2-4H2,1H3,(H,9,12)/t5-,6+,7-/m1/s1. The number of carbonyl (C=O) groups is 1. The van der Waals surface area contributed by atoms with Crippen LogP contribution in [0, 0.1) is 0 Å². The molecular weight excluding hydrogens is 158 g/mol. The molecule has 0 unspecified atom stereocenters. The molecule has 0 spiro atoms. The Balaban J connectivity index is 2.28. The number of rotatable bonds is 2. The highest BCUT2D eigenvalue weighted by molar-refractivity contribution is 5.80. The van der Waals surface area contributed by atoms with E-state index in [1.54, 1.807) is 0 Å². The minimum absolute atomic E-state index is 0.0436. The highest BCUT2D eigenvalue weighted by atomic mass is 16.3. The van der Waals surface area contributed by atoms with Crippen LogP contribution in [-0.2, 0) is 4.79 Å². The Morgan fingerprint density at radius 2 is 2.25 bits per heavy atom. The summed E-state index contributed by atoms with van der Waals surface area (Å²) in [6.45, 7) is 1.43. The molecular formula is C8H15NO3. The van der Waals surface area contributed by atoms with Crippen molar-refractivity contribution in [3.05, 3.63) is 0 Å². The van der Waals surface area contributed by atoms with Gasteiger partial charge in [-0.15, -0.1) is 0 Å². The van der Waals surface area contributed by atoms with E-state index in [1.807, 2.05) is 0 Å². The van der Waals surface area contributed by atoms with Crippen LogP contribution in [0.15, 0.2) is 0 Å². The van der Waals surface area contributed by atoms with E-state index in [0.29, 0.717) is 6.42 Å². The normalized spacial score (nSPS) is 31.6. The summed E-state index contributed by atoms with van der Waals surface area (Å²) >= 11 is 0. The maximum Gasteiger partial charge on any atom is 0.248 e. The van der Waals surface area contributed by atoms with Gasteiger partial charge >= 0.3 is 0 Å². The lowest BCUT2D eigenvalue weighted by atomic mass is 10.2. The van der Waals surface area contributed by atoms with Crippen LogP contribution in [0.2, 0.25) is 0 Å². The summed E-state index contributed by atoms with van der Waals surface area (Å²) in [5.41, 5.74) is 0. The number of amides is 1. The molecule has 1 aliphatic rings. The van der Waals surface area contributed by atoms with Gasteiger partial charge in [-0.1, -0.05) is 0 Å². The molecule has 1 amide bonds. The first-order chi connectivity index (χ1) is 5.59. The van der Waals surface area contributed by atoms with Gasteiger partial charge in [0, 0.05) is 6.04 Å². The summed E-state index contributed by atoms with van der Waals surface area (Å²) in [5.74, 6) is -0.353. The van der Waals surface area contributed by atoms with Crippen LogP contribution < -0.4 is 5.32 Å². The van der Waals surface area contributed by atoms with Crippen molar-refractivity contribution in [1.82, 2.24) is 5.32 Å². The lowest BCUT2D eigenvalue weighted by Crippen LogP contribution is -2.39. The largest absolute Gasteiger partial charge is 0.393 e. The highest BCUT2D eigenvalue weighted by Crippen LogP contribution is 2.18. The average molecular weight is 173 g/mol. The van der Waals surface area contributed by atoms with Crippen molar-refractivity contribution in [2.24, 2.45) is 0 Å². The summed E-state index contributed by atoms with van der Waals surface area (Å²) in [4.78, 5) is 11.0. The molecule has 1 rings (SSSR count). The van der Waals surface area contributed by atoms with Gasteiger partial charge in [0.25, 0.3) is 0 Å². The summed E-state index contributed by atoms with van der Waals surface area (Å²) in [5, 5.41) is 20.7. The molecule has 70 valence electrons. The Morgan fingerprint density at radius 3 is 2.67 bits per heavy atom. The van der Waals surface area contributed by atoms with Gasteiger partial charge in [0.1, 0.15) is 6.10 Å². The van der Waals surface area contributed by atoms with E-state index in [0.717, 1.165) is 12.8 Å². The first-order valence-electron chi connectivity index (χ1n) is 4.26. The van der Waals surface area contributed by atoms with Crippen LogP contribution in [0.25, 0.3) is 0 Å². The second-order valence-corrected chi connectivity index (χ2v) is 3.35. The summed E-state index contributed by atoms with van der Waals surface area (Å²) in [6, 6.07) is 0.0436. The molecule has 4 heteroatoms. The van der Waals surface area contributed by atoms with Crippen molar-refractivity contribution in [2.75, 3.05) is 0 Å². The SMILES string of the molecule is C[C@@H](O)C(=O)N[C@H]1CC[C@@H](O)C1. The Kier molecular flexibility index (Phi) is 3.05. The Bertz CT molecular complexity index is 170. The Labute approximate surface area is 71.6 Å². The number of aliphatic hydroxyl groups is 2.